The van der Waals surface area contributed by atoms with Crippen LogP contribution in [0, 0.1) is 13.8 Å². The van der Waals surface area contributed by atoms with Crippen LogP contribution >= 0.6 is 34.9 Å². The first-order chi connectivity index (χ1) is 10.0. The fourth-order valence-corrected chi connectivity index (χ4v) is 6.62. The monoisotopic (exact) mass is 344 g/mol. The fourth-order valence-electron chi connectivity index (χ4n) is 2.50. The molecule has 0 aromatic carbocycles. The van der Waals surface area contributed by atoms with Crippen LogP contribution in [0.2, 0.25) is 0 Å². The van der Waals surface area contributed by atoms with Crippen LogP contribution in [0.4, 0.5) is 0 Å². The van der Waals surface area contributed by atoms with E-state index in [0.29, 0.717) is 11.3 Å². The number of rotatable bonds is 6. The molecule has 4 atom stereocenters. The van der Waals surface area contributed by atoms with E-state index in [4.69, 9.17) is 4.98 Å². The number of hydrogen-bond acceptors (Lipinski definition) is 5. The average molecular weight is 345 g/mol. The topological polar surface area (TPSA) is 24.9 Å². The molecule has 1 N–H and O–H groups in total. The molecule has 1 saturated heterocycles. The van der Waals surface area contributed by atoms with E-state index in [1.807, 2.05) is 11.3 Å². The fraction of sp³-hybridized carbons (Fsp3) is 0.812. The third kappa shape index (κ3) is 4.88. The van der Waals surface area contributed by atoms with Crippen molar-refractivity contribution in [1.82, 2.24) is 10.3 Å². The van der Waals surface area contributed by atoms with Gasteiger partial charge in [-0.3, -0.25) is 0 Å². The van der Waals surface area contributed by atoms with Crippen molar-refractivity contribution in [1.29, 1.82) is 0 Å². The summed E-state index contributed by atoms with van der Waals surface area (Å²) in [5, 5.41) is 7.32. The number of thiazole rings is 1. The summed E-state index contributed by atoms with van der Waals surface area (Å²) in [6.07, 6.45) is 2.28. The first-order valence-electron chi connectivity index (χ1n) is 7.94. The van der Waals surface area contributed by atoms with E-state index in [9.17, 15) is 0 Å². The molecule has 1 aromatic heterocycles. The van der Waals surface area contributed by atoms with E-state index in [0.717, 1.165) is 23.5 Å². The van der Waals surface area contributed by atoms with E-state index in [2.05, 4.69) is 63.5 Å². The minimum Gasteiger partial charge on any atom is -0.312 e. The zero-order chi connectivity index (χ0) is 15.4. The molecular formula is C16H28N2S3. The molecule has 2 heterocycles. The van der Waals surface area contributed by atoms with E-state index >= 15 is 0 Å². The Hall–Kier alpha value is 0.290. The summed E-state index contributed by atoms with van der Waals surface area (Å²) < 4.78 is 0. The van der Waals surface area contributed by atoms with E-state index in [1.165, 1.54) is 27.8 Å². The summed E-state index contributed by atoms with van der Waals surface area (Å²) in [7, 11) is 0. The van der Waals surface area contributed by atoms with Gasteiger partial charge in [0.25, 0.3) is 0 Å². The molecule has 5 heteroatoms. The van der Waals surface area contributed by atoms with Crippen LogP contribution in [-0.2, 0) is 6.42 Å². The number of nitrogens with zero attached hydrogens (tertiary/aromatic N) is 1. The van der Waals surface area contributed by atoms with Crippen LogP contribution in [0.1, 0.15) is 42.8 Å². The number of aromatic nitrogens is 1. The van der Waals surface area contributed by atoms with Crippen LogP contribution in [0.25, 0.3) is 0 Å². The molecule has 4 unspecified atom stereocenters. The van der Waals surface area contributed by atoms with Crippen LogP contribution in [-0.4, -0.2) is 39.1 Å². The standard InChI is InChI=1S/C16H28N2S3/c1-6-7-17-14(8-16-18-10(2)11(3)21-16)15-9-19-12(4)13(5)20-15/h12-15,17H,6-9H2,1-5H3. The lowest BCUT2D eigenvalue weighted by Crippen LogP contribution is -2.45. The summed E-state index contributed by atoms with van der Waals surface area (Å²) in [5.41, 5.74) is 1.21. The number of thioether (sulfide) groups is 2. The molecule has 2 rings (SSSR count). The van der Waals surface area contributed by atoms with E-state index in [-0.39, 0.29) is 0 Å². The molecule has 2 nitrogen and oxygen atoms in total. The molecule has 1 aliphatic heterocycles. The minimum atomic E-state index is 0.558. The minimum absolute atomic E-state index is 0.558. The molecule has 1 aliphatic rings. The van der Waals surface area contributed by atoms with Gasteiger partial charge in [0, 0.05) is 38.8 Å². The first kappa shape index (κ1) is 17.6. The van der Waals surface area contributed by atoms with Crippen molar-refractivity contribution >= 4 is 34.9 Å². The number of hydrogen-bond donors (Lipinski definition) is 1. The van der Waals surface area contributed by atoms with Crippen molar-refractivity contribution in [2.75, 3.05) is 12.3 Å². The predicted octanol–water partition coefficient (Wildman–Crippen LogP) is 4.30. The molecule has 1 fully saturated rings. The first-order valence-corrected chi connectivity index (χ1v) is 10.8. The summed E-state index contributed by atoms with van der Waals surface area (Å²) in [5.74, 6) is 1.26. The van der Waals surface area contributed by atoms with Crippen molar-refractivity contribution in [2.24, 2.45) is 0 Å². The molecule has 0 spiro atoms. The second-order valence-corrected chi connectivity index (χ2v) is 10.3. The SMILES string of the molecule is CCCNC(Cc1nc(C)c(C)s1)C1CSC(C)C(C)S1. The predicted molar refractivity (Wildman–Crippen MR) is 100 cm³/mol. The molecule has 0 saturated carbocycles. The highest BCUT2D eigenvalue weighted by Crippen LogP contribution is 2.37. The van der Waals surface area contributed by atoms with Gasteiger partial charge in [-0.05, 0) is 26.8 Å². The Morgan fingerprint density at radius 3 is 2.62 bits per heavy atom. The summed E-state index contributed by atoms with van der Waals surface area (Å²) in [6.45, 7) is 12.4. The maximum Gasteiger partial charge on any atom is 0.0946 e. The molecule has 0 aliphatic carbocycles. The van der Waals surface area contributed by atoms with Crippen LogP contribution in [0.3, 0.4) is 0 Å². The number of nitrogens with one attached hydrogen (secondary N) is 1. The maximum atomic E-state index is 4.75. The second kappa shape index (κ2) is 8.23. The van der Waals surface area contributed by atoms with Crippen molar-refractivity contribution in [3.63, 3.8) is 0 Å². The molecule has 0 amide bonds. The molecule has 0 radical (unpaired) electrons. The zero-order valence-corrected chi connectivity index (χ0v) is 16.3. The Morgan fingerprint density at radius 2 is 2.05 bits per heavy atom. The van der Waals surface area contributed by atoms with Gasteiger partial charge in [0.05, 0.1) is 10.7 Å². The van der Waals surface area contributed by atoms with E-state index in [1.54, 1.807) is 0 Å². The Kier molecular flexibility index (Phi) is 6.91. The van der Waals surface area contributed by atoms with E-state index < -0.39 is 0 Å². The molecule has 120 valence electrons. The summed E-state index contributed by atoms with van der Waals surface area (Å²) >= 11 is 6.19. The van der Waals surface area contributed by atoms with Crippen molar-refractivity contribution in [3.05, 3.63) is 15.6 Å². The highest BCUT2D eigenvalue weighted by atomic mass is 32.2. The smallest absolute Gasteiger partial charge is 0.0946 e. The van der Waals surface area contributed by atoms with Gasteiger partial charge in [-0.2, -0.15) is 23.5 Å². The zero-order valence-electron chi connectivity index (χ0n) is 13.8. The van der Waals surface area contributed by atoms with Gasteiger partial charge >= 0.3 is 0 Å². The van der Waals surface area contributed by atoms with Gasteiger partial charge in [-0.25, -0.2) is 4.98 Å². The summed E-state index contributed by atoms with van der Waals surface area (Å²) in [6, 6.07) is 0.558. The van der Waals surface area contributed by atoms with Gasteiger partial charge in [0.1, 0.15) is 0 Å². The Bertz CT molecular complexity index is 427. The quantitative estimate of drug-likeness (QED) is 0.832. The Morgan fingerprint density at radius 1 is 1.29 bits per heavy atom. The van der Waals surface area contributed by atoms with Crippen molar-refractivity contribution in [3.8, 4) is 0 Å². The normalized spacial score (nSPS) is 27.8. The highest BCUT2D eigenvalue weighted by Gasteiger charge is 2.31. The van der Waals surface area contributed by atoms with Crippen LogP contribution in [0.5, 0.6) is 0 Å². The average Bonchev–Trinajstić information content (AvgIpc) is 2.76. The molecular weight excluding hydrogens is 316 g/mol. The van der Waals surface area contributed by atoms with Gasteiger partial charge in [0.15, 0.2) is 0 Å². The maximum absolute atomic E-state index is 4.75. The Balaban J connectivity index is 2.03. The third-order valence-corrected chi connectivity index (χ3v) is 8.79. The van der Waals surface area contributed by atoms with Gasteiger partial charge in [-0.15, -0.1) is 11.3 Å². The lowest BCUT2D eigenvalue weighted by atomic mass is 10.1. The number of aryl methyl sites for hydroxylation is 2. The molecule has 1 aromatic rings. The molecule has 0 bridgehead atoms. The van der Waals surface area contributed by atoms with Crippen molar-refractivity contribution in [2.45, 2.75) is 69.3 Å². The lowest BCUT2D eigenvalue weighted by molar-refractivity contribution is 0.503. The van der Waals surface area contributed by atoms with Gasteiger partial charge in [-0.1, -0.05) is 20.8 Å². The third-order valence-electron chi connectivity index (χ3n) is 4.15. The Labute approximate surface area is 142 Å². The molecule has 21 heavy (non-hydrogen) atoms. The summed E-state index contributed by atoms with van der Waals surface area (Å²) in [4.78, 5) is 6.12. The lowest BCUT2D eigenvalue weighted by Gasteiger charge is -2.36. The highest BCUT2D eigenvalue weighted by molar-refractivity contribution is 8.07. The second-order valence-electron chi connectivity index (χ2n) is 5.93. The van der Waals surface area contributed by atoms with Gasteiger partial charge in [0.2, 0.25) is 0 Å². The van der Waals surface area contributed by atoms with Crippen LogP contribution in [0.15, 0.2) is 0 Å². The van der Waals surface area contributed by atoms with Crippen molar-refractivity contribution < 1.29 is 0 Å². The van der Waals surface area contributed by atoms with Gasteiger partial charge < -0.3 is 5.32 Å². The van der Waals surface area contributed by atoms with Crippen LogP contribution < -0.4 is 5.32 Å². The largest absolute Gasteiger partial charge is 0.312 e.